The molecule has 1 aliphatic carbocycles. The molecule has 2 nitrogen and oxygen atoms in total. The molecule has 0 aliphatic heterocycles. The van der Waals surface area contributed by atoms with Crippen LogP contribution in [0.2, 0.25) is 0 Å². The zero-order valence-corrected chi connectivity index (χ0v) is 14.1. The maximum Gasteiger partial charge on any atom is 0.0979 e. The predicted octanol–water partition coefficient (Wildman–Crippen LogP) is 4.82. The van der Waals surface area contributed by atoms with E-state index in [0.29, 0.717) is 6.10 Å². The van der Waals surface area contributed by atoms with Crippen molar-refractivity contribution in [3.8, 4) is 0 Å². The van der Waals surface area contributed by atoms with E-state index in [4.69, 9.17) is 10.5 Å². The minimum atomic E-state index is 0.0199. The van der Waals surface area contributed by atoms with Crippen molar-refractivity contribution in [1.82, 2.24) is 0 Å². The van der Waals surface area contributed by atoms with Crippen molar-refractivity contribution in [2.75, 3.05) is 0 Å². The van der Waals surface area contributed by atoms with Gasteiger partial charge in [-0.1, -0.05) is 41.9 Å². The van der Waals surface area contributed by atoms with Crippen LogP contribution in [0.1, 0.15) is 57.6 Å². The van der Waals surface area contributed by atoms with Crippen LogP contribution in [0.5, 0.6) is 0 Å². The van der Waals surface area contributed by atoms with Crippen molar-refractivity contribution in [2.45, 2.75) is 64.2 Å². The van der Waals surface area contributed by atoms with Crippen molar-refractivity contribution in [3.05, 3.63) is 34.3 Å². The zero-order valence-electron chi connectivity index (χ0n) is 12.5. The molecule has 0 aromatic heterocycles. The van der Waals surface area contributed by atoms with E-state index >= 15 is 0 Å². The van der Waals surface area contributed by atoms with Crippen LogP contribution in [0.4, 0.5) is 0 Å². The van der Waals surface area contributed by atoms with Gasteiger partial charge in [-0.15, -0.1) is 0 Å². The van der Waals surface area contributed by atoms with Gasteiger partial charge in [0.25, 0.3) is 0 Å². The monoisotopic (exact) mass is 339 g/mol. The van der Waals surface area contributed by atoms with Gasteiger partial charge in [0.2, 0.25) is 0 Å². The van der Waals surface area contributed by atoms with Crippen LogP contribution in [0.25, 0.3) is 0 Å². The van der Waals surface area contributed by atoms with E-state index in [2.05, 4.69) is 54.0 Å². The summed E-state index contributed by atoms with van der Waals surface area (Å²) in [6.07, 6.45) is 6.22. The lowest BCUT2D eigenvalue weighted by Gasteiger charge is -2.32. The second-order valence-electron chi connectivity index (χ2n) is 6.06. The maximum absolute atomic E-state index is 6.38. The van der Waals surface area contributed by atoms with Crippen molar-refractivity contribution < 1.29 is 4.74 Å². The number of halogens is 1. The molecule has 1 fully saturated rings. The Morgan fingerprint density at radius 3 is 2.35 bits per heavy atom. The Morgan fingerprint density at radius 2 is 1.80 bits per heavy atom. The fraction of sp³-hybridized carbons (Fsp3) is 0.647. The predicted molar refractivity (Wildman–Crippen MR) is 87.7 cm³/mol. The SMILES string of the molecule is CCC(N)C(OC1CCC(C)CC1)c1ccc(Br)cc1. The summed E-state index contributed by atoms with van der Waals surface area (Å²) < 4.78 is 7.47. The summed E-state index contributed by atoms with van der Waals surface area (Å²) in [6.45, 7) is 4.46. The van der Waals surface area contributed by atoms with Crippen molar-refractivity contribution >= 4 is 15.9 Å². The summed E-state index contributed by atoms with van der Waals surface area (Å²) in [5, 5.41) is 0. The molecule has 20 heavy (non-hydrogen) atoms. The number of rotatable bonds is 5. The van der Waals surface area contributed by atoms with Gasteiger partial charge >= 0.3 is 0 Å². The van der Waals surface area contributed by atoms with Gasteiger partial charge in [0, 0.05) is 10.5 Å². The van der Waals surface area contributed by atoms with E-state index in [1.165, 1.54) is 31.2 Å². The molecule has 112 valence electrons. The largest absolute Gasteiger partial charge is 0.369 e. The Balaban J connectivity index is 2.05. The summed E-state index contributed by atoms with van der Waals surface area (Å²) in [7, 11) is 0. The molecule has 2 unspecified atom stereocenters. The highest BCUT2D eigenvalue weighted by atomic mass is 79.9. The first-order chi connectivity index (χ1) is 9.60. The van der Waals surface area contributed by atoms with E-state index < -0.39 is 0 Å². The summed E-state index contributed by atoms with van der Waals surface area (Å²) in [5.74, 6) is 0.848. The fourth-order valence-electron chi connectivity index (χ4n) is 2.87. The van der Waals surface area contributed by atoms with E-state index in [1.807, 2.05) is 0 Å². The van der Waals surface area contributed by atoms with Gasteiger partial charge in [0.05, 0.1) is 12.2 Å². The molecule has 0 radical (unpaired) electrons. The van der Waals surface area contributed by atoms with Gasteiger partial charge in [-0.3, -0.25) is 0 Å². The number of hydrogen-bond acceptors (Lipinski definition) is 2. The Kier molecular flexibility index (Phi) is 6.06. The molecule has 1 saturated carbocycles. The number of benzene rings is 1. The maximum atomic E-state index is 6.38. The fourth-order valence-corrected chi connectivity index (χ4v) is 3.13. The quantitative estimate of drug-likeness (QED) is 0.834. The van der Waals surface area contributed by atoms with Gasteiger partial charge in [0.15, 0.2) is 0 Å². The van der Waals surface area contributed by atoms with Gasteiger partial charge in [-0.2, -0.15) is 0 Å². The summed E-state index contributed by atoms with van der Waals surface area (Å²) in [4.78, 5) is 0. The second-order valence-corrected chi connectivity index (χ2v) is 6.98. The smallest absolute Gasteiger partial charge is 0.0979 e. The van der Waals surface area contributed by atoms with Gasteiger partial charge in [-0.25, -0.2) is 0 Å². The lowest BCUT2D eigenvalue weighted by Crippen LogP contribution is -2.33. The average molecular weight is 340 g/mol. The van der Waals surface area contributed by atoms with Gasteiger partial charge in [-0.05, 0) is 55.7 Å². The number of ether oxygens (including phenoxy) is 1. The first-order valence-electron chi connectivity index (χ1n) is 7.76. The normalized spacial score (nSPS) is 26.2. The second kappa shape index (κ2) is 7.58. The minimum absolute atomic E-state index is 0.0199. The van der Waals surface area contributed by atoms with Crippen molar-refractivity contribution in [2.24, 2.45) is 11.7 Å². The molecule has 2 atom stereocenters. The van der Waals surface area contributed by atoms with Crippen LogP contribution in [0.3, 0.4) is 0 Å². The van der Waals surface area contributed by atoms with Crippen LogP contribution in [-0.4, -0.2) is 12.1 Å². The van der Waals surface area contributed by atoms with Crippen LogP contribution >= 0.6 is 15.9 Å². The lowest BCUT2D eigenvalue weighted by molar-refractivity contribution is -0.0488. The van der Waals surface area contributed by atoms with Gasteiger partial charge < -0.3 is 10.5 Å². The highest BCUT2D eigenvalue weighted by molar-refractivity contribution is 9.10. The Bertz CT molecular complexity index is 398. The minimum Gasteiger partial charge on any atom is -0.369 e. The van der Waals surface area contributed by atoms with Crippen LogP contribution in [0.15, 0.2) is 28.7 Å². The molecule has 1 aromatic carbocycles. The third-order valence-electron chi connectivity index (χ3n) is 4.36. The molecule has 3 heteroatoms. The molecule has 0 amide bonds. The van der Waals surface area contributed by atoms with E-state index in [1.54, 1.807) is 0 Å². The van der Waals surface area contributed by atoms with Crippen LogP contribution in [0, 0.1) is 5.92 Å². The lowest BCUT2D eigenvalue weighted by atomic mass is 9.88. The number of hydrogen-bond donors (Lipinski definition) is 1. The number of nitrogens with two attached hydrogens (primary N) is 1. The van der Waals surface area contributed by atoms with Gasteiger partial charge in [0.1, 0.15) is 0 Å². The molecular weight excluding hydrogens is 314 g/mol. The van der Waals surface area contributed by atoms with Crippen molar-refractivity contribution in [3.63, 3.8) is 0 Å². The molecule has 1 aromatic rings. The summed E-state index contributed by atoms with van der Waals surface area (Å²) >= 11 is 3.48. The Labute approximate surface area is 131 Å². The van der Waals surface area contributed by atoms with E-state index in [-0.39, 0.29) is 12.1 Å². The van der Waals surface area contributed by atoms with Crippen LogP contribution in [-0.2, 0) is 4.74 Å². The summed E-state index contributed by atoms with van der Waals surface area (Å²) in [5.41, 5.74) is 7.49. The molecular formula is C17H26BrNO. The van der Waals surface area contributed by atoms with Crippen LogP contribution < -0.4 is 5.73 Å². The first kappa shape index (κ1) is 16.0. The Hall–Kier alpha value is -0.380. The molecule has 2 N–H and O–H groups in total. The topological polar surface area (TPSA) is 35.2 Å². The van der Waals surface area contributed by atoms with E-state index in [9.17, 15) is 0 Å². The molecule has 1 aliphatic rings. The van der Waals surface area contributed by atoms with E-state index in [0.717, 1.165) is 16.8 Å². The third-order valence-corrected chi connectivity index (χ3v) is 4.89. The highest BCUT2D eigenvalue weighted by Crippen LogP contribution is 2.32. The van der Waals surface area contributed by atoms with Crippen molar-refractivity contribution in [1.29, 1.82) is 0 Å². The highest BCUT2D eigenvalue weighted by Gasteiger charge is 2.26. The molecule has 0 spiro atoms. The molecule has 0 heterocycles. The third kappa shape index (κ3) is 4.31. The average Bonchev–Trinajstić information content (AvgIpc) is 2.47. The molecule has 2 rings (SSSR count). The Morgan fingerprint density at radius 1 is 1.20 bits per heavy atom. The molecule has 0 bridgehead atoms. The first-order valence-corrected chi connectivity index (χ1v) is 8.56. The summed E-state index contributed by atoms with van der Waals surface area (Å²) in [6, 6.07) is 8.44. The standard InChI is InChI=1S/C17H26BrNO/c1-3-16(19)17(13-6-8-14(18)9-7-13)20-15-10-4-12(2)5-11-15/h6-9,12,15-17H,3-5,10-11,19H2,1-2H3. The molecule has 0 saturated heterocycles. The zero-order chi connectivity index (χ0) is 14.5.